The average Bonchev–Trinajstić information content (AvgIpc) is 2.75. The van der Waals surface area contributed by atoms with E-state index in [-0.39, 0.29) is 0 Å². The lowest BCUT2D eigenvalue weighted by Crippen LogP contribution is -2.21. The summed E-state index contributed by atoms with van der Waals surface area (Å²) in [6.07, 6.45) is 7.47. The highest BCUT2D eigenvalue weighted by atomic mass is 15.0. The molecule has 3 nitrogen and oxygen atoms in total. The Morgan fingerprint density at radius 1 is 1.44 bits per heavy atom. The van der Waals surface area contributed by atoms with E-state index in [0.717, 1.165) is 25.2 Å². The van der Waals surface area contributed by atoms with E-state index in [2.05, 4.69) is 46.0 Å². The van der Waals surface area contributed by atoms with Crippen molar-refractivity contribution in [1.82, 2.24) is 14.7 Å². The van der Waals surface area contributed by atoms with Gasteiger partial charge in [-0.15, -0.1) is 0 Å². The Morgan fingerprint density at radius 2 is 2.38 bits per heavy atom. The first-order valence-corrected chi connectivity index (χ1v) is 5.69. The highest BCUT2D eigenvalue weighted by Gasteiger charge is 2.11. The number of imidazole rings is 1. The molecule has 3 heterocycles. The molecule has 0 amide bonds. The molecule has 1 aliphatic rings. The molecule has 2 aromatic heterocycles. The van der Waals surface area contributed by atoms with E-state index in [4.69, 9.17) is 0 Å². The lowest BCUT2D eigenvalue weighted by Gasteiger charge is -2.13. The topological polar surface area (TPSA) is 29.3 Å². The van der Waals surface area contributed by atoms with Gasteiger partial charge in [0.05, 0.1) is 11.9 Å². The van der Waals surface area contributed by atoms with Crippen molar-refractivity contribution >= 4 is 11.2 Å². The quantitative estimate of drug-likeness (QED) is 0.785. The zero-order valence-corrected chi connectivity index (χ0v) is 9.40. The number of aromatic nitrogens is 2. The van der Waals surface area contributed by atoms with Crippen molar-refractivity contribution in [2.45, 2.75) is 13.3 Å². The molecule has 16 heavy (non-hydrogen) atoms. The molecular weight excluding hydrogens is 198 g/mol. The summed E-state index contributed by atoms with van der Waals surface area (Å²) in [4.78, 5) is 4.49. The fourth-order valence-corrected chi connectivity index (χ4v) is 2.23. The number of rotatable bonds is 1. The molecule has 0 atom stereocenters. The van der Waals surface area contributed by atoms with Crippen LogP contribution in [0.2, 0.25) is 0 Å². The Balaban J connectivity index is 2.17. The van der Waals surface area contributed by atoms with Gasteiger partial charge in [0.1, 0.15) is 5.65 Å². The van der Waals surface area contributed by atoms with Gasteiger partial charge in [-0.1, -0.05) is 12.1 Å². The minimum Gasteiger partial charge on any atom is -0.312 e. The standard InChI is InChI=1S/C13H15N3/c1-10-4-3-7-16-12(9-15-13(10)16)11-5-2-6-14-8-11/h3-5,7,9,14H,2,6,8H2,1H3. The van der Waals surface area contributed by atoms with Gasteiger partial charge in [-0.3, -0.25) is 4.40 Å². The summed E-state index contributed by atoms with van der Waals surface area (Å²) < 4.78 is 2.17. The second kappa shape index (κ2) is 3.76. The summed E-state index contributed by atoms with van der Waals surface area (Å²) >= 11 is 0. The maximum atomic E-state index is 4.49. The molecule has 0 aromatic carbocycles. The van der Waals surface area contributed by atoms with Gasteiger partial charge in [0, 0.05) is 12.7 Å². The van der Waals surface area contributed by atoms with Crippen LogP contribution in [0.1, 0.15) is 17.7 Å². The fraction of sp³-hybridized carbons (Fsp3) is 0.308. The molecule has 82 valence electrons. The maximum absolute atomic E-state index is 4.49. The Morgan fingerprint density at radius 3 is 3.19 bits per heavy atom. The molecule has 0 saturated heterocycles. The summed E-state index contributed by atoms with van der Waals surface area (Å²) in [5, 5.41) is 3.39. The van der Waals surface area contributed by atoms with E-state index < -0.39 is 0 Å². The lowest BCUT2D eigenvalue weighted by molar-refractivity contribution is 0.736. The fourth-order valence-electron chi connectivity index (χ4n) is 2.23. The third-order valence-electron chi connectivity index (χ3n) is 3.09. The largest absolute Gasteiger partial charge is 0.312 e. The molecule has 3 rings (SSSR count). The molecule has 0 saturated carbocycles. The molecule has 0 unspecified atom stereocenters. The van der Waals surface area contributed by atoms with Gasteiger partial charge < -0.3 is 5.32 Å². The van der Waals surface area contributed by atoms with E-state index >= 15 is 0 Å². The van der Waals surface area contributed by atoms with Crippen LogP contribution in [-0.4, -0.2) is 22.5 Å². The van der Waals surface area contributed by atoms with Gasteiger partial charge in [0.25, 0.3) is 0 Å². The van der Waals surface area contributed by atoms with Gasteiger partial charge in [0.2, 0.25) is 0 Å². The van der Waals surface area contributed by atoms with Gasteiger partial charge in [-0.2, -0.15) is 0 Å². The predicted molar refractivity (Wildman–Crippen MR) is 65.4 cm³/mol. The van der Waals surface area contributed by atoms with Crippen molar-refractivity contribution in [3.63, 3.8) is 0 Å². The van der Waals surface area contributed by atoms with Gasteiger partial charge in [0.15, 0.2) is 0 Å². The number of pyridine rings is 1. The summed E-state index contributed by atoms with van der Waals surface area (Å²) in [6, 6.07) is 4.17. The number of aryl methyl sites for hydroxylation is 1. The Hall–Kier alpha value is -1.61. The van der Waals surface area contributed by atoms with Gasteiger partial charge in [-0.05, 0) is 37.1 Å². The summed E-state index contributed by atoms with van der Waals surface area (Å²) in [5.41, 5.74) is 4.84. The normalized spacial score (nSPS) is 16.4. The Kier molecular flexibility index (Phi) is 2.26. The second-order valence-corrected chi connectivity index (χ2v) is 4.22. The van der Waals surface area contributed by atoms with Crippen molar-refractivity contribution < 1.29 is 0 Å². The number of hydrogen-bond acceptors (Lipinski definition) is 2. The third-order valence-corrected chi connectivity index (χ3v) is 3.09. The van der Waals surface area contributed by atoms with Crippen LogP contribution in [0.25, 0.3) is 11.2 Å². The molecule has 1 N–H and O–H groups in total. The Bertz CT molecular complexity index is 551. The maximum Gasteiger partial charge on any atom is 0.140 e. The molecule has 3 heteroatoms. The van der Waals surface area contributed by atoms with Crippen LogP contribution in [0.3, 0.4) is 0 Å². The molecule has 0 bridgehead atoms. The number of fused-ring (bicyclic) bond motifs is 1. The first kappa shape index (κ1) is 9.60. The highest BCUT2D eigenvalue weighted by Crippen LogP contribution is 2.19. The molecule has 0 aliphatic carbocycles. The van der Waals surface area contributed by atoms with Crippen molar-refractivity contribution in [2.24, 2.45) is 0 Å². The lowest BCUT2D eigenvalue weighted by atomic mass is 10.1. The van der Waals surface area contributed by atoms with Crippen LogP contribution in [0.15, 0.2) is 30.6 Å². The molecule has 0 spiro atoms. The van der Waals surface area contributed by atoms with Gasteiger partial charge in [-0.25, -0.2) is 4.98 Å². The average molecular weight is 213 g/mol. The van der Waals surface area contributed by atoms with Crippen LogP contribution in [0.4, 0.5) is 0 Å². The predicted octanol–water partition coefficient (Wildman–Crippen LogP) is 2.02. The minimum absolute atomic E-state index is 0.946. The zero-order chi connectivity index (χ0) is 11.0. The van der Waals surface area contributed by atoms with E-state index in [1.54, 1.807) is 0 Å². The van der Waals surface area contributed by atoms with Crippen LogP contribution < -0.4 is 5.32 Å². The van der Waals surface area contributed by atoms with Crippen molar-refractivity contribution in [1.29, 1.82) is 0 Å². The monoisotopic (exact) mass is 213 g/mol. The van der Waals surface area contributed by atoms with E-state index in [9.17, 15) is 0 Å². The molecule has 2 aromatic rings. The van der Waals surface area contributed by atoms with Crippen LogP contribution in [0.5, 0.6) is 0 Å². The molecule has 1 aliphatic heterocycles. The van der Waals surface area contributed by atoms with Crippen LogP contribution in [-0.2, 0) is 0 Å². The van der Waals surface area contributed by atoms with E-state index in [1.807, 2.05) is 6.20 Å². The molecule has 0 fully saturated rings. The molecule has 0 radical (unpaired) electrons. The van der Waals surface area contributed by atoms with E-state index in [0.29, 0.717) is 0 Å². The van der Waals surface area contributed by atoms with Gasteiger partial charge >= 0.3 is 0 Å². The van der Waals surface area contributed by atoms with Crippen molar-refractivity contribution in [3.8, 4) is 0 Å². The van der Waals surface area contributed by atoms with Crippen molar-refractivity contribution in [3.05, 3.63) is 41.9 Å². The number of nitrogens with zero attached hydrogens (tertiary/aromatic N) is 2. The minimum atomic E-state index is 0.946. The molecular formula is C13H15N3. The zero-order valence-electron chi connectivity index (χ0n) is 9.40. The van der Waals surface area contributed by atoms with E-state index in [1.165, 1.54) is 16.8 Å². The smallest absolute Gasteiger partial charge is 0.140 e. The number of hydrogen-bond donors (Lipinski definition) is 1. The summed E-state index contributed by atoms with van der Waals surface area (Å²) in [5.74, 6) is 0. The highest BCUT2D eigenvalue weighted by molar-refractivity contribution is 5.68. The van der Waals surface area contributed by atoms with Crippen molar-refractivity contribution in [2.75, 3.05) is 13.1 Å². The van der Waals surface area contributed by atoms with Crippen LogP contribution in [0, 0.1) is 6.92 Å². The summed E-state index contributed by atoms with van der Waals surface area (Å²) in [7, 11) is 0. The summed E-state index contributed by atoms with van der Waals surface area (Å²) in [6.45, 7) is 4.13. The third kappa shape index (κ3) is 1.44. The SMILES string of the molecule is Cc1cccn2c(C3=CCCNC3)cnc12. The Labute approximate surface area is 94.8 Å². The van der Waals surface area contributed by atoms with Crippen LogP contribution >= 0.6 is 0 Å². The first-order valence-electron chi connectivity index (χ1n) is 5.69. The number of nitrogens with one attached hydrogen (secondary N) is 1. The first-order chi connectivity index (χ1) is 7.86. The second-order valence-electron chi connectivity index (χ2n) is 4.22.